The number of rotatable bonds is 4. The minimum Gasteiger partial charge on any atom is -0.482 e. The molecular weight excluding hydrogens is 244 g/mol. The summed E-state index contributed by atoms with van der Waals surface area (Å²) in [6.45, 7) is -0.199. The summed E-state index contributed by atoms with van der Waals surface area (Å²) < 4.78 is 5.28. The van der Waals surface area contributed by atoms with E-state index in [1.165, 1.54) is 18.6 Å². The number of ether oxygens (including phenoxy) is 1. The standard InChI is InChI=1S/C13H10N4O2/c14-7-10-3-1-2-4-11(10)19-9-13(18)17-12-8-15-5-6-16-12/h1-6,8H,9H2,(H,16,17,18). The topological polar surface area (TPSA) is 87.9 Å². The number of nitrogens with zero attached hydrogens (tertiary/aromatic N) is 3. The zero-order chi connectivity index (χ0) is 13.5. The molecule has 0 bridgehead atoms. The highest BCUT2D eigenvalue weighted by Crippen LogP contribution is 2.16. The Bertz CT molecular complexity index is 608. The van der Waals surface area contributed by atoms with Gasteiger partial charge in [0, 0.05) is 12.4 Å². The van der Waals surface area contributed by atoms with Crippen molar-refractivity contribution in [1.82, 2.24) is 9.97 Å². The molecule has 6 nitrogen and oxygen atoms in total. The van der Waals surface area contributed by atoms with Gasteiger partial charge in [-0.15, -0.1) is 0 Å². The number of hydrogen-bond donors (Lipinski definition) is 1. The maximum Gasteiger partial charge on any atom is 0.263 e. The highest BCUT2D eigenvalue weighted by molar-refractivity contribution is 5.90. The Balaban J connectivity index is 1.92. The molecule has 0 unspecified atom stereocenters. The van der Waals surface area contributed by atoms with Crippen molar-refractivity contribution in [2.75, 3.05) is 11.9 Å². The lowest BCUT2D eigenvalue weighted by Crippen LogP contribution is -2.21. The maximum absolute atomic E-state index is 11.6. The first kappa shape index (κ1) is 12.5. The lowest BCUT2D eigenvalue weighted by molar-refractivity contribution is -0.118. The number of nitriles is 1. The van der Waals surface area contributed by atoms with Gasteiger partial charge in [-0.2, -0.15) is 5.26 Å². The van der Waals surface area contributed by atoms with Crippen LogP contribution in [0.2, 0.25) is 0 Å². The van der Waals surface area contributed by atoms with Gasteiger partial charge in [0.15, 0.2) is 12.4 Å². The second-order valence-corrected chi connectivity index (χ2v) is 3.54. The van der Waals surface area contributed by atoms with Crippen LogP contribution in [0.3, 0.4) is 0 Å². The van der Waals surface area contributed by atoms with Crippen molar-refractivity contribution in [1.29, 1.82) is 5.26 Å². The summed E-state index contributed by atoms with van der Waals surface area (Å²) >= 11 is 0. The molecule has 0 saturated carbocycles. The monoisotopic (exact) mass is 254 g/mol. The molecule has 19 heavy (non-hydrogen) atoms. The number of aromatic nitrogens is 2. The molecule has 1 heterocycles. The SMILES string of the molecule is N#Cc1ccccc1OCC(=O)Nc1cnccn1. The summed E-state index contributed by atoms with van der Waals surface area (Å²) in [4.78, 5) is 19.3. The minimum atomic E-state index is -0.367. The van der Waals surface area contributed by atoms with Crippen LogP contribution >= 0.6 is 0 Å². The Morgan fingerprint density at radius 3 is 2.95 bits per heavy atom. The summed E-state index contributed by atoms with van der Waals surface area (Å²) in [5, 5.41) is 11.4. The van der Waals surface area contributed by atoms with Crippen LogP contribution in [0.25, 0.3) is 0 Å². The number of carbonyl (C=O) groups is 1. The number of para-hydroxylation sites is 1. The third-order valence-electron chi connectivity index (χ3n) is 2.20. The molecule has 1 N–H and O–H groups in total. The fourth-order valence-corrected chi connectivity index (χ4v) is 1.37. The summed E-state index contributed by atoms with van der Waals surface area (Å²) in [6, 6.07) is 8.70. The van der Waals surface area contributed by atoms with Gasteiger partial charge in [-0.05, 0) is 12.1 Å². The van der Waals surface area contributed by atoms with Gasteiger partial charge < -0.3 is 10.1 Å². The van der Waals surface area contributed by atoms with E-state index in [0.717, 1.165) is 0 Å². The van der Waals surface area contributed by atoms with Crippen LogP contribution in [-0.4, -0.2) is 22.5 Å². The van der Waals surface area contributed by atoms with Gasteiger partial charge in [0.2, 0.25) is 0 Å². The van der Waals surface area contributed by atoms with Gasteiger partial charge in [-0.1, -0.05) is 12.1 Å². The predicted octanol–water partition coefficient (Wildman–Crippen LogP) is 1.37. The highest BCUT2D eigenvalue weighted by atomic mass is 16.5. The molecule has 1 aromatic carbocycles. The van der Waals surface area contributed by atoms with E-state index in [-0.39, 0.29) is 12.5 Å². The summed E-state index contributed by atoms with van der Waals surface area (Å²) in [7, 11) is 0. The molecule has 1 aromatic heterocycles. The number of anilines is 1. The van der Waals surface area contributed by atoms with Crippen LogP contribution in [0, 0.1) is 11.3 Å². The van der Waals surface area contributed by atoms with E-state index in [0.29, 0.717) is 17.1 Å². The fraction of sp³-hybridized carbons (Fsp3) is 0.0769. The van der Waals surface area contributed by atoms with Crippen molar-refractivity contribution in [3.05, 3.63) is 48.4 Å². The van der Waals surface area contributed by atoms with Crippen molar-refractivity contribution < 1.29 is 9.53 Å². The summed E-state index contributed by atoms with van der Waals surface area (Å²) in [5.74, 6) is 0.359. The second kappa shape index (κ2) is 6.12. The van der Waals surface area contributed by atoms with E-state index in [1.807, 2.05) is 6.07 Å². The third-order valence-corrected chi connectivity index (χ3v) is 2.20. The molecule has 0 aliphatic rings. The quantitative estimate of drug-likeness (QED) is 0.890. The molecule has 1 amide bonds. The summed E-state index contributed by atoms with van der Waals surface area (Å²) in [5.41, 5.74) is 0.384. The first-order valence-corrected chi connectivity index (χ1v) is 5.47. The molecule has 0 fully saturated rings. The Labute approximate surface area is 109 Å². The molecule has 6 heteroatoms. The molecular formula is C13H10N4O2. The number of hydrogen-bond acceptors (Lipinski definition) is 5. The fourth-order valence-electron chi connectivity index (χ4n) is 1.37. The largest absolute Gasteiger partial charge is 0.482 e. The predicted molar refractivity (Wildman–Crippen MR) is 67.3 cm³/mol. The second-order valence-electron chi connectivity index (χ2n) is 3.54. The van der Waals surface area contributed by atoms with E-state index in [1.54, 1.807) is 24.3 Å². The van der Waals surface area contributed by atoms with Crippen molar-refractivity contribution in [3.8, 4) is 11.8 Å². The van der Waals surface area contributed by atoms with Crippen molar-refractivity contribution in [2.45, 2.75) is 0 Å². The molecule has 2 rings (SSSR count). The average Bonchev–Trinajstić information content (AvgIpc) is 2.46. The molecule has 0 radical (unpaired) electrons. The molecule has 2 aromatic rings. The van der Waals surface area contributed by atoms with Crippen LogP contribution in [0.5, 0.6) is 5.75 Å². The zero-order valence-corrected chi connectivity index (χ0v) is 9.91. The molecule has 0 aliphatic carbocycles. The first-order valence-electron chi connectivity index (χ1n) is 5.47. The third kappa shape index (κ3) is 3.51. The van der Waals surface area contributed by atoms with E-state index >= 15 is 0 Å². The highest BCUT2D eigenvalue weighted by Gasteiger charge is 2.07. The minimum absolute atomic E-state index is 0.199. The van der Waals surface area contributed by atoms with Gasteiger partial charge >= 0.3 is 0 Å². The lowest BCUT2D eigenvalue weighted by Gasteiger charge is -2.07. The Hall–Kier alpha value is -2.94. The molecule has 0 spiro atoms. The normalized spacial score (nSPS) is 9.42. The smallest absolute Gasteiger partial charge is 0.263 e. The number of carbonyl (C=O) groups excluding carboxylic acids is 1. The van der Waals surface area contributed by atoms with Gasteiger partial charge in [0.25, 0.3) is 5.91 Å². The van der Waals surface area contributed by atoms with Crippen LogP contribution in [0.1, 0.15) is 5.56 Å². The van der Waals surface area contributed by atoms with Crippen molar-refractivity contribution in [2.24, 2.45) is 0 Å². The number of nitrogens with one attached hydrogen (secondary N) is 1. The molecule has 94 valence electrons. The van der Waals surface area contributed by atoms with Gasteiger partial charge in [0.05, 0.1) is 11.8 Å². The maximum atomic E-state index is 11.6. The molecule has 0 saturated heterocycles. The average molecular weight is 254 g/mol. The van der Waals surface area contributed by atoms with E-state index < -0.39 is 0 Å². The molecule has 0 aliphatic heterocycles. The Kier molecular flexibility index (Phi) is 4.03. The lowest BCUT2D eigenvalue weighted by atomic mass is 10.2. The van der Waals surface area contributed by atoms with Crippen LogP contribution in [-0.2, 0) is 4.79 Å². The Morgan fingerprint density at radius 2 is 2.21 bits per heavy atom. The van der Waals surface area contributed by atoms with E-state index in [2.05, 4.69) is 15.3 Å². The zero-order valence-electron chi connectivity index (χ0n) is 9.91. The van der Waals surface area contributed by atoms with Crippen molar-refractivity contribution in [3.63, 3.8) is 0 Å². The van der Waals surface area contributed by atoms with E-state index in [4.69, 9.17) is 10.00 Å². The first-order chi connectivity index (χ1) is 9.29. The molecule has 0 atom stereocenters. The van der Waals surface area contributed by atoms with Crippen LogP contribution < -0.4 is 10.1 Å². The van der Waals surface area contributed by atoms with Crippen molar-refractivity contribution >= 4 is 11.7 Å². The van der Waals surface area contributed by atoms with E-state index in [9.17, 15) is 4.79 Å². The number of amides is 1. The van der Waals surface area contributed by atoms with Crippen LogP contribution in [0.4, 0.5) is 5.82 Å². The van der Waals surface area contributed by atoms with Gasteiger partial charge in [-0.3, -0.25) is 9.78 Å². The Morgan fingerprint density at radius 1 is 1.37 bits per heavy atom. The van der Waals surface area contributed by atoms with Gasteiger partial charge in [-0.25, -0.2) is 4.98 Å². The van der Waals surface area contributed by atoms with Gasteiger partial charge in [0.1, 0.15) is 11.8 Å². The summed E-state index contributed by atoms with van der Waals surface area (Å²) in [6.07, 6.45) is 4.41. The van der Waals surface area contributed by atoms with Crippen LogP contribution in [0.15, 0.2) is 42.9 Å². The number of benzene rings is 1.